The maximum Gasteiger partial charge on any atom is 0.267 e. The first-order valence-electron chi connectivity index (χ1n) is 4.66. The monoisotopic (exact) mass is 260 g/mol. The van der Waals surface area contributed by atoms with E-state index in [9.17, 15) is 17.5 Å². The van der Waals surface area contributed by atoms with Crippen molar-refractivity contribution in [3.63, 3.8) is 0 Å². The summed E-state index contributed by atoms with van der Waals surface area (Å²) in [5.74, 6) is -0.223. The lowest BCUT2D eigenvalue weighted by Crippen LogP contribution is -2.32. The molecule has 0 amide bonds. The summed E-state index contributed by atoms with van der Waals surface area (Å²) in [6, 6.07) is 0. The van der Waals surface area contributed by atoms with Crippen molar-refractivity contribution >= 4 is 21.0 Å². The molecule has 0 spiro atoms. The van der Waals surface area contributed by atoms with Crippen molar-refractivity contribution < 1.29 is 25.9 Å². The molecule has 6 nitrogen and oxygen atoms in total. The molecule has 0 radical (unpaired) electrons. The molecule has 1 rings (SSSR count). The Kier molecular flexibility index (Phi) is 4.38. The molecule has 1 aliphatic heterocycles. The molecular weight excluding hydrogens is 244 g/mol. The minimum atomic E-state index is -3.55. The first-order valence-corrected chi connectivity index (χ1v) is 7.88. The molecule has 0 aromatic heterocycles. The van der Waals surface area contributed by atoms with Gasteiger partial charge in [0.1, 0.15) is 0 Å². The highest BCUT2D eigenvalue weighted by molar-refractivity contribution is 8.20. The predicted molar refractivity (Wildman–Crippen MR) is 57.2 cm³/mol. The summed E-state index contributed by atoms with van der Waals surface area (Å²) in [5, 5.41) is 0. The SMILES string of the molecule is CCCS(=O)(=O)OC1CCOS(O)(O)C1. The van der Waals surface area contributed by atoms with Gasteiger partial charge >= 0.3 is 0 Å². The fourth-order valence-electron chi connectivity index (χ4n) is 1.27. The van der Waals surface area contributed by atoms with E-state index in [1.165, 1.54) is 0 Å². The molecule has 1 unspecified atom stereocenters. The van der Waals surface area contributed by atoms with E-state index in [1.54, 1.807) is 6.92 Å². The Morgan fingerprint density at radius 1 is 1.53 bits per heavy atom. The Morgan fingerprint density at radius 3 is 2.73 bits per heavy atom. The zero-order chi connectivity index (χ0) is 11.5. The maximum absolute atomic E-state index is 11.3. The standard InChI is InChI=1S/C7H16O6S2/c1-2-5-14(8,9)13-7-3-4-12-15(10,11)6-7/h7,10-11H,2-6H2,1H3. The average Bonchev–Trinajstić information content (AvgIpc) is 1.99. The van der Waals surface area contributed by atoms with Crippen LogP contribution in [0.3, 0.4) is 0 Å². The molecule has 15 heavy (non-hydrogen) atoms. The van der Waals surface area contributed by atoms with Crippen molar-refractivity contribution in [1.82, 2.24) is 0 Å². The Balaban J connectivity index is 2.52. The van der Waals surface area contributed by atoms with Crippen molar-refractivity contribution in [2.75, 3.05) is 18.1 Å². The lowest BCUT2D eigenvalue weighted by atomic mass is 10.3. The molecule has 1 fully saturated rings. The summed E-state index contributed by atoms with van der Waals surface area (Å²) in [5.41, 5.74) is 0. The second-order valence-electron chi connectivity index (χ2n) is 3.36. The van der Waals surface area contributed by atoms with Crippen LogP contribution in [-0.2, 0) is 18.5 Å². The van der Waals surface area contributed by atoms with E-state index >= 15 is 0 Å². The second kappa shape index (κ2) is 4.98. The van der Waals surface area contributed by atoms with E-state index in [-0.39, 0.29) is 18.1 Å². The van der Waals surface area contributed by atoms with Crippen molar-refractivity contribution in [3.05, 3.63) is 0 Å². The first kappa shape index (κ1) is 13.2. The first-order chi connectivity index (χ1) is 6.85. The third-order valence-electron chi connectivity index (χ3n) is 1.85. The van der Waals surface area contributed by atoms with Gasteiger partial charge in [0.15, 0.2) is 0 Å². The lowest BCUT2D eigenvalue weighted by molar-refractivity contribution is 0.143. The average molecular weight is 260 g/mol. The Labute approximate surface area is 91.3 Å². The van der Waals surface area contributed by atoms with Gasteiger partial charge < -0.3 is 9.11 Å². The molecule has 1 saturated heterocycles. The van der Waals surface area contributed by atoms with Gasteiger partial charge in [0.2, 0.25) is 0 Å². The van der Waals surface area contributed by atoms with E-state index in [0.717, 1.165) is 0 Å². The van der Waals surface area contributed by atoms with Crippen LogP contribution in [-0.4, -0.2) is 41.7 Å². The number of rotatable bonds is 4. The molecule has 1 aliphatic rings. The van der Waals surface area contributed by atoms with Crippen LogP contribution in [0.5, 0.6) is 0 Å². The molecule has 8 heteroatoms. The molecule has 2 N–H and O–H groups in total. The molecule has 0 aromatic carbocycles. The maximum atomic E-state index is 11.3. The van der Waals surface area contributed by atoms with Crippen LogP contribution >= 0.6 is 10.9 Å². The van der Waals surface area contributed by atoms with Gasteiger partial charge in [-0.2, -0.15) is 8.42 Å². The summed E-state index contributed by atoms with van der Waals surface area (Å²) >= 11 is 0. The van der Waals surface area contributed by atoms with Crippen LogP contribution < -0.4 is 0 Å². The Morgan fingerprint density at radius 2 is 2.20 bits per heavy atom. The van der Waals surface area contributed by atoms with Gasteiger partial charge in [-0.1, -0.05) is 6.92 Å². The highest BCUT2D eigenvalue weighted by Gasteiger charge is 2.32. The van der Waals surface area contributed by atoms with E-state index in [0.29, 0.717) is 12.8 Å². The highest BCUT2D eigenvalue weighted by Crippen LogP contribution is 2.44. The summed E-state index contributed by atoms with van der Waals surface area (Å²) in [6.45, 7) is 1.84. The Bertz CT molecular complexity index is 299. The van der Waals surface area contributed by atoms with Crippen LogP contribution in [0.15, 0.2) is 0 Å². The lowest BCUT2D eigenvalue weighted by Gasteiger charge is -2.34. The smallest absolute Gasteiger partial charge is 0.267 e. The predicted octanol–water partition coefficient (Wildman–Crippen LogP) is 1.20. The van der Waals surface area contributed by atoms with Crippen LogP contribution in [0.4, 0.5) is 0 Å². The van der Waals surface area contributed by atoms with Gasteiger partial charge in [0.25, 0.3) is 10.1 Å². The van der Waals surface area contributed by atoms with Gasteiger partial charge in [0.05, 0.1) is 35.1 Å². The van der Waals surface area contributed by atoms with Gasteiger partial charge in [-0.25, -0.2) is 0 Å². The second-order valence-corrected chi connectivity index (χ2v) is 6.86. The molecule has 92 valence electrons. The topological polar surface area (TPSA) is 93.1 Å². The van der Waals surface area contributed by atoms with E-state index in [2.05, 4.69) is 4.18 Å². The molecule has 0 aromatic rings. The van der Waals surface area contributed by atoms with E-state index < -0.39 is 27.1 Å². The fourth-order valence-corrected chi connectivity index (χ4v) is 3.71. The zero-order valence-electron chi connectivity index (χ0n) is 8.46. The minimum absolute atomic E-state index is 0.0520. The third-order valence-corrected chi connectivity index (χ3v) is 4.68. The minimum Gasteiger partial charge on any atom is -0.308 e. The van der Waals surface area contributed by atoms with Gasteiger partial charge in [-0.3, -0.25) is 8.37 Å². The van der Waals surface area contributed by atoms with Crippen molar-refractivity contribution in [3.8, 4) is 0 Å². The van der Waals surface area contributed by atoms with Crippen LogP contribution in [0.1, 0.15) is 19.8 Å². The molecular formula is C7H16O6S2. The largest absolute Gasteiger partial charge is 0.308 e. The van der Waals surface area contributed by atoms with Crippen molar-refractivity contribution in [2.24, 2.45) is 0 Å². The van der Waals surface area contributed by atoms with Gasteiger partial charge in [0, 0.05) is 6.42 Å². The number of hydrogen-bond acceptors (Lipinski definition) is 6. The molecule has 0 saturated carbocycles. The third kappa shape index (κ3) is 4.66. The normalized spacial score (nSPS) is 28.6. The summed E-state index contributed by atoms with van der Waals surface area (Å²) in [7, 11) is -6.65. The van der Waals surface area contributed by atoms with Gasteiger partial charge in [-0.15, -0.1) is 0 Å². The molecule has 0 aliphatic carbocycles. The van der Waals surface area contributed by atoms with Crippen LogP contribution in [0.25, 0.3) is 0 Å². The summed E-state index contributed by atoms with van der Waals surface area (Å²) in [6.07, 6.45) is 0.154. The van der Waals surface area contributed by atoms with Crippen LogP contribution in [0.2, 0.25) is 0 Å². The summed E-state index contributed by atoms with van der Waals surface area (Å²) in [4.78, 5) is 0. The van der Waals surface area contributed by atoms with Gasteiger partial charge in [-0.05, 0) is 6.42 Å². The van der Waals surface area contributed by atoms with E-state index in [1.807, 2.05) is 0 Å². The van der Waals surface area contributed by atoms with Crippen molar-refractivity contribution in [2.45, 2.75) is 25.9 Å². The fraction of sp³-hybridized carbons (Fsp3) is 1.00. The molecule has 1 heterocycles. The Hall–Kier alpha value is 0.140. The molecule has 1 atom stereocenters. The van der Waals surface area contributed by atoms with E-state index in [4.69, 9.17) is 4.18 Å². The number of hydrogen-bond donors (Lipinski definition) is 2. The summed E-state index contributed by atoms with van der Waals surface area (Å²) < 4.78 is 50.5. The zero-order valence-corrected chi connectivity index (χ0v) is 10.1. The quantitative estimate of drug-likeness (QED) is 0.738. The molecule has 0 bridgehead atoms. The van der Waals surface area contributed by atoms with Crippen molar-refractivity contribution in [1.29, 1.82) is 0 Å². The highest BCUT2D eigenvalue weighted by atomic mass is 32.3. The van der Waals surface area contributed by atoms with Crippen LogP contribution in [0, 0.1) is 0 Å².